The lowest BCUT2D eigenvalue weighted by molar-refractivity contribution is -0.384. The van der Waals surface area contributed by atoms with Crippen LogP contribution >= 0.6 is 11.6 Å². The minimum atomic E-state index is -0.560. The van der Waals surface area contributed by atoms with Crippen LogP contribution in [-0.2, 0) is 4.79 Å². The monoisotopic (exact) mass is 330 g/mol. The highest BCUT2D eigenvalue weighted by Crippen LogP contribution is 2.25. The van der Waals surface area contributed by atoms with Gasteiger partial charge >= 0.3 is 0 Å². The number of amides is 1. The summed E-state index contributed by atoms with van der Waals surface area (Å²) >= 11 is 5.75. The lowest BCUT2D eigenvalue weighted by Gasteiger charge is -2.07. The molecule has 0 aromatic heterocycles. The summed E-state index contributed by atoms with van der Waals surface area (Å²) in [4.78, 5) is 22.3. The number of aryl methyl sites for hydroxylation is 2. The van der Waals surface area contributed by atoms with Gasteiger partial charge in [0.2, 0.25) is 5.91 Å². The molecular weight excluding hydrogens is 316 g/mol. The maximum absolute atomic E-state index is 12.0. The summed E-state index contributed by atoms with van der Waals surface area (Å²) in [5.74, 6) is -0.309. The van der Waals surface area contributed by atoms with Gasteiger partial charge in [-0.2, -0.15) is 0 Å². The lowest BCUT2D eigenvalue weighted by Crippen LogP contribution is -2.09. The molecule has 0 aliphatic heterocycles. The number of rotatable bonds is 4. The van der Waals surface area contributed by atoms with Crippen LogP contribution in [0.2, 0.25) is 5.02 Å². The van der Waals surface area contributed by atoms with Crippen molar-refractivity contribution in [3.8, 4) is 0 Å². The summed E-state index contributed by atoms with van der Waals surface area (Å²) in [6.07, 6.45) is 2.83. The molecule has 0 bridgehead atoms. The zero-order valence-corrected chi connectivity index (χ0v) is 13.4. The number of hydrogen-bond acceptors (Lipinski definition) is 3. The van der Waals surface area contributed by atoms with Crippen LogP contribution < -0.4 is 5.32 Å². The zero-order valence-electron chi connectivity index (χ0n) is 12.7. The molecule has 0 aliphatic rings. The van der Waals surface area contributed by atoms with Gasteiger partial charge in [0.1, 0.15) is 5.02 Å². The van der Waals surface area contributed by atoms with E-state index in [0.717, 1.165) is 16.8 Å². The maximum atomic E-state index is 12.0. The second-order valence-electron chi connectivity index (χ2n) is 5.11. The van der Waals surface area contributed by atoms with Gasteiger partial charge in [0.15, 0.2) is 0 Å². The second-order valence-corrected chi connectivity index (χ2v) is 5.52. The number of carbonyl (C=O) groups excluding carboxylic acids is 1. The van der Waals surface area contributed by atoms with E-state index in [4.69, 9.17) is 11.6 Å². The SMILES string of the molecule is Cc1ccc(C)c(NC(=O)/C=C/c2ccc(Cl)c([N+](=O)[O-])c2)c1. The fourth-order valence-electron chi connectivity index (χ4n) is 1.99. The molecule has 1 N–H and O–H groups in total. The van der Waals surface area contributed by atoms with E-state index in [1.54, 1.807) is 6.07 Å². The molecule has 5 nitrogen and oxygen atoms in total. The van der Waals surface area contributed by atoms with Crippen molar-refractivity contribution in [1.29, 1.82) is 0 Å². The van der Waals surface area contributed by atoms with E-state index >= 15 is 0 Å². The van der Waals surface area contributed by atoms with Crippen molar-refractivity contribution >= 4 is 35.0 Å². The quantitative estimate of drug-likeness (QED) is 0.509. The minimum Gasteiger partial charge on any atom is -0.322 e. The van der Waals surface area contributed by atoms with Crippen molar-refractivity contribution in [3.05, 3.63) is 74.3 Å². The van der Waals surface area contributed by atoms with E-state index in [0.29, 0.717) is 5.56 Å². The summed E-state index contributed by atoms with van der Waals surface area (Å²) < 4.78 is 0. The Labute approximate surface area is 138 Å². The smallest absolute Gasteiger partial charge is 0.288 e. The van der Waals surface area contributed by atoms with E-state index < -0.39 is 4.92 Å². The van der Waals surface area contributed by atoms with Crippen LogP contribution in [0.1, 0.15) is 16.7 Å². The summed E-state index contributed by atoms with van der Waals surface area (Å²) in [5.41, 5.74) is 3.07. The van der Waals surface area contributed by atoms with Gasteiger partial charge in [-0.1, -0.05) is 29.8 Å². The Morgan fingerprint density at radius 3 is 2.65 bits per heavy atom. The molecule has 0 radical (unpaired) electrons. The Morgan fingerprint density at radius 2 is 1.96 bits per heavy atom. The number of carbonyl (C=O) groups is 1. The molecule has 6 heteroatoms. The molecule has 0 atom stereocenters. The van der Waals surface area contributed by atoms with Crippen LogP contribution in [0.4, 0.5) is 11.4 Å². The second kappa shape index (κ2) is 7.07. The number of hydrogen-bond donors (Lipinski definition) is 1. The van der Waals surface area contributed by atoms with Crippen LogP contribution in [-0.4, -0.2) is 10.8 Å². The number of halogens is 1. The van der Waals surface area contributed by atoms with Crippen LogP contribution in [0, 0.1) is 24.0 Å². The first-order chi connectivity index (χ1) is 10.9. The van der Waals surface area contributed by atoms with Crippen LogP contribution in [0.15, 0.2) is 42.5 Å². The predicted octanol–water partition coefficient (Wildman–Crippen LogP) is 4.52. The standard InChI is InChI=1S/C17H15ClN2O3/c1-11-3-4-12(2)15(9-11)19-17(21)8-6-13-5-7-14(18)16(10-13)20(22)23/h3-10H,1-2H3,(H,19,21)/b8-6+. The molecule has 0 unspecified atom stereocenters. The first-order valence-corrected chi connectivity index (χ1v) is 7.25. The van der Waals surface area contributed by atoms with Crippen LogP contribution in [0.3, 0.4) is 0 Å². The number of nitrogens with zero attached hydrogens (tertiary/aromatic N) is 1. The molecule has 0 heterocycles. The third-order valence-corrected chi connectivity index (χ3v) is 3.56. The summed E-state index contributed by atoms with van der Waals surface area (Å²) in [7, 11) is 0. The number of nitro groups is 1. The molecule has 0 aliphatic carbocycles. The fourth-order valence-corrected chi connectivity index (χ4v) is 2.18. The van der Waals surface area contributed by atoms with Crippen molar-refractivity contribution < 1.29 is 9.72 Å². The first-order valence-electron chi connectivity index (χ1n) is 6.87. The third-order valence-electron chi connectivity index (χ3n) is 3.24. The van der Waals surface area contributed by atoms with Gasteiger partial charge < -0.3 is 5.32 Å². The Hall–Kier alpha value is -2.66. The molecule has 118 valence electrons. The van der Waals surface area contributed by atoms with Crippen LogP contribution in [0.5, 0.6) is 0 Å². The highest BCUT2D eigenvalue weighted by molar-refractivity contribution is 6.32. The molecule has 0 fully saturated rings. The first kappa shape index (κ1) is 16.7. The molecule has 2 aromatic rings. The topological polar surface area (TPSA) is 72.2 Å². The van der Waals surface area contributed by atoms with E-state index in [2.05, 4.69) is 5.32 Å². The van der Waals surface area contributed by atoms with Crippen LogP contribution in [0.25, 0.3) is 6.08 Å². The Kier molecular flexibility index (Phi) is 5.13. The average Bonchev–Trinajstić information content (AvgIpc) is 2.50. The van der Waals surface area contributed by atoms with Gasteiger partial charge in [-0.05, 0) is 48.7 Å². The average molecular weight is 331 g/mol. The number of benzene rings is 2. The molecule has 2 aromatic carbocycles. The van der Waals surface area contributed by atoms with E-state index in [9.17, 15) is 14.9 Å². The van der Waals surface area contributed by atoms with E-state index in [-0.39, 0.29) is 16.6 Å². The van der Waals surface area contributed by atoms with Crippen molar-refractivity contribution in [2.24, 2.45) is 0 Å². The zero-order chi connectivity index (χ0) is 17.0. The molecule has 1 amide bonds. The maximum Gasteiger partial charge on any atom is 0.288 e. The Balaban J connectivity index is 2.14. The highest BCUT2D eigenvalue weighted by Gasteiger charge is 2.11. The largest absolute Gasteiger partial charge is 0.322 e. The number of anilines is 1. The minimum absolute atomic E-state index is 0.0620. The van der Waals surface area contributed by atoms with Gasteiger partial charge in [0, 0.05) is 17.8 Å². The normalized spacial score (nSPS) is 10.7. The number of nitro benzene ring substituents is 1. The summed E-state index contributed by atoms with van der Waals surface area (Å²) in [6, 6.07) is 10.1. The van der Waals surface area contributed by atoms with Crippen molar-refractivity contribution in [2.45, 2.75) is 13.8 Å². The van der Waals surface area contributed by atoms with Gasteiger partial charge in [0.25, 0.3) is 5.69 Å². The molecule has 23 heavy (non-hydrogen) atoms. The van der Waals surface area contributed by atoms with Gasteiger partial charge in [-0.3, -0.25) is 14.9 Å². The Morgan fingerprint density at radius 1 is 1.22 bits per heavy atom. The predicted molar refractivity (Wildman–Crippen MR) is 91.7 cm³/mol. The fraction of sp³-hybridized carbons (Fsp3) is 0.118. The lowest BCUT2D eigenvalue weighted by atomic mass is 10.1. The van der Waals surface area contributed by atoms with Gasteiger partial charge in [-0.25, -0.2) is 0 Å². The van der Waals surface area contributed by atoms with Gasteiger partial charge in [0.05, 0.1) is 4.92 Å². The Bertz CT molecular complexity index is 800. The number of nitrogens with one attached hydrogen (secondary N) is 1. The van der Waals surface area contributed by atoms with Crippen molar-refractivity contribution in [1.82, 2.24) is 0 Å². The van der Waals surface area contributed by atoms with Crippen molar-refractivity contribution in [2.75, 3.05) is 5.32 Å². The van der Waals surface area contributed by atoms with Crippen molar-refractivity contribution in [3.63, 3.8) is 0 Å². The van der Waals surface area contributed by atoms with E-state index in [1.165, 1.54) is 24.3 Å². The molecule has 0 saturated heterocycles. The molecule has 0 spiro atoms. The van der Waals surface area contributed by atoms with E-state index in [1.807, 2.05) is 32.0 Å². The summed E-state index contributed by atoms with van der Waals surface area (Å²) in [6.45, 7) is 3.85. The van der Waals surface area contributed by atoms with Gasteiger partial charge in [-0.15, -0.1) is 0 Å². The highest BCUT2D eigenvalue weighted by atomic mass is 35.5. The molecular formula is C17H15ClN2O3. The molecule has 2 rings (SSSR count). The summed E-state index contributed by atoms with van der Waals surface area (Å²) in [5, 5.41) is 13.7. The third kappa shape index (κ3) is 4.40. The molecule has 0 saturated carbocycles.